The summed E-state index contributed by atoms with van der Waals surface area (Å²) in [4.78, 5) is 16.5. The first-order valence-electron chi connectivity index (χ1n) is 13.3. The van der Waals surface area contributed by atoms with Gasteiger partial charge in [0.05, 0.1) is 5.56 Å². The molecule has 0 spiro atoms. The number of nitrogen functional groups attached to an aromatic ring is 1. The molecule has 0 fully saturated rings. The number of anilines is 1. The molecular formula is C28H45N3O2. The fourth-order valence-corrected chi connectivity index (χ4v) is 4.16. The van der Waals surface area contributed by atoms with Gasteiger partial charge in [-0.15, -0.1) is 0 Å². The van der Waals surface area contributed by atoms with E-state index in [-0.39, 0.29) is 5.91 Å². The third-order valence-corrected chi connectivity index (χ3v) is 6.24. The molecule has 0 aliphatic rings. The van der Waals surface area contributed by atoms with Gasteiger partial charge in [-0.1, -0.05) is 115 Å². The molecule has 0 bridgehead atoms. The maximum absolute atomic E-state index is 12.3. The number of unbranched alkanes of at least 4 members (excludes halogenated alkanes) is 15. The van der Waals surface area contributed by atoms with Crippen LogP contribution in [0, 0.1) is 0 Å². The van der Waals surface area contributed by atoms with E-state index in [9.17, 15) is 4.79 Å². The Morgan fingerprint density at radius 1 is 0.818 bits per heavy atom. The Labute approximate surface area is 200 Å². The van der Waals surface area contributed by atoms with Gasteiger partial charge in [0, 0.05) is 12.2 Å². The van der Waals surface area contributed by atoms with Gasteiger partial charge >= 0.3 is 0 Å². The summed E-state index contributed by atoms with van der Waals surface area (Å²) in [5, 5.41) is 2.94. The molecule has 0 saturated carbocycles. The topological polar surface area (TPSA) is 81.2 Å². The molecule has 1 heterocycles. The Morgan fingerprint density at radius 2 is 1.33 bits per heavy atom. The number of hydrogen-bond donors (Lipinski definition) is 2. The number of nitrogens with one attached hydrogen (secondary N) is 1. The minimum absolute atomic E-state index is 0.194. The Balaban J connectivity index is 1.40. The molecule has 0 aliphatic heterocycles. The molecule has 2 aromatic rings. The first-order chi connectivity index (χ1) is 16.2. The normalized spacial score (nSPS) is 11.1. The number of rotatable bonds is 19. The van der Waals surface area contributed by atoms with E-state index >= 15 is 0 Å². The molecule has 0 atom stereocenters. The summed E-state index contributed by atoms with van der Waals surface area (Å²) >= 11 is 0. The quantitative estimate of drug-likeness (QED) is 0.166. The van der Waals surface area contributed by atoms with E-state index in [4.69, 9.17) is 10.2 Å². The molecule has 1 amide bonds. The van der Waals surface area contributed by atoms with E-state index in [0.717, 1.165) is 12.8 Å². The number of aromatic nitrogens is 1. The van der Waals surface area contributed by atoms with Crippen molar-refractivity contribution in [2.45, 2.75) is 110 Å². The lowest BCUT2D eigenvalue weighted by molar-refractivity contribution is 0.0948. The van der Waals surface area contributed by atoms with Gasteiger partial charge in [-0.05, 0) is 18.6 Å². The zero-order valence-electron chi connectivity index (χ0n) is 20.7. The Hall–Kier alpha value is -2.30. The minimum atomic E-state index is -0.194. The monoisotopic (exact) mass is 455 g/mol. The minimum Gasteiger partial charge on any atom is -0.444 e. The number of nitrogens with two attached hydrogens (primary N) is 1. The number of carbonyl (C=O) groups excluding carboxylic acids is 1. The maximum atomic E-state index is 12.3. The molecule has 0 aliphatic carbocycles. The zero-order chi connectivity index (χ0) is 23.6. The van der Waals surface area contributed by atoms with Gasteiger partial charge in [0.2, 0.25) is 5.89 Å². The molecule has 3 N–H and O–H groups in total. The molecule has 33 heavy (non-hydrogen) atoms. The highest BCUT2D eigenvalue weighted by Crippen LogP contribution is 2.24. The number of oxazole rings is 1. The van der Waals surface area contributed by atoms with Crippen LogP contribution in [0.25, 0.3) is 11.5 Å². The van der Waals surface area contributed by atoms with Crippen LogP contribution in [0.3, 0.4) is 0 Å². The van der Waals surface area contributed by atoms with Crippen LogP contribution in [0.5, 0.6) is 0 Å². The van der Waals surface area contributed by atoms with Crippen molar-refractivity contribution in [2.75, 3.05) is 12.3 Å². The third kappa shape index (κ3) is 11.4. The van der Waals surface area contributed by atoms with Crippen LogP contribution >= 0.6 is 0 Å². The molecule has 5 nitrogen and oxygen atoms in total. The van der Waals surface area contributed by atoms with Crippen LogP contribution in [0.15, 0.2) is 34.9 Å². The lowest BCUT2D eigenvalue weighted by Gasteiger charge is -2.04. The molecule has 0 saturated heterocycles. The van der Waals surface area contributed by atoms with Crippen molar-refractivity contribution in [3.63, 3.8) is 0 Å². The van der Waals surface area contributed by atoms with Gasteiger partial charge in [-0.25, -0.2) is 4.98 Å². The van der Waals surface area contributed by atoms with Crippen molar-refractivity contribution in [1.29, 1.82) is 0 Å². The highest BCUT2D eigenvalue weighted by Gasteiger charge is 2.14. The van der Waals surface area contributed by atoms with Gasteiger partial charge < -0.3 is 15.5 Å². The van der Waals surface area contributed by atoms with E-state index in [0.29, 0.717) is 29.4 Å². The van der Waals surface area contributed by atoms with E-state index < -0.39 is 0 Å². The standard InChI is InChI=1S/C28H45N3O2/c1-2-3-4-5-6-7-8-9-10-11-12-13-14-15-16-19-22-30-27(32)26-23-33-28(31-26)24-20-17-18-21-25(24)29/h17-18,20-21,23H,2-16,19,22,29H2,1H3,(H,30,32). The highest BCUT2D eigenvalue weighted by molar-refractivity contribution is 5.92. The smallest absolute Gasteiger partial charge is 0.273 e. The van der Waals surface area contributed by atoms with Crippen molar-refractivity contribution in [3.8, 4) is 11.5 Å². The number of benzene rings is 1. The van der Waals surface area contributed by atoms with Crippen molar-refractivity contribution in [3.05, 3.63) is 36.2 Å². The average molecular weight is 456 g/mol. The summed E-state index contributed by atoms with van der Waals surface area (Å²) in [6.45, 7) is 2.95. The molecule has 2 rings (SSSR count). The Morgan fingerprint density at radius 3 is 1.88 bits per heavy atom. The van der Waals surface area contributed by atoms with Crippen molar-refractivity contribution in [2.24, 2.45) is 0 Å². The fourth-order valence-electron chi connectivity index (χ4n) is 4.16. The SMILES string of the molecule is CCCCCCCCCCCCCCCCCCNC(=O)c1coc(-c2ccccc2N)n1. The summed E-state index contributed by atoms with van der Waals surface area (Å²) in [5.74, 6) is 0.182. The predicted molar refractivity (Wildman–Crippen MR) is 138 cm³/mol. The highest BCUT2D eigenvalue weighted by atomic mass is 16.3. The second-order valence-electron chi connectivity index (χ2n) is 9.18. The summed E-state index contributed by atoms with van der Waals surface area (Å²) < 4.78 is 5.44. The van der Waals surface area contributed by atoms with Crippen molar-refractivity contribution in [1.82, 2.24) is 10.3 Å². The third-order valence-electron chi connectivity index (χ3n) is 6.24. The summed E-state index contributed by atoms with van der Waals surface area (Å²) in [6.07, 6.45) is 22.9. The molecule has 0 radical (unpaired) electrons. The lowest BCUT2D eigenvalue weighted by atomic mass is 10.0. The van der Waals surface area contributed by atoms with E-state index in [1.165, 1.54) is 96.2 Å². The van der Waals surface area contributed by atoms with Crippen molar-refractivity contribution < 1.29 is 9.21 Å². The Bertz CT molecular complexity index is 772. The molecule has 0 unspecified atom stereocenters. The van der Waals surface area contributed by atoms with Crippen LogP contribution in [-0.2, 0) is 0 Å². The van der Waals surface area contributed by atoms with Gasteiger partial charge in [0.15, 0.2) is 5.69 Å². The van der Waals surface area contributed by atoms with Crippen LogP contribution in [0.2, 0.25) is 0 Å². The van der Waals surface area contributed by atoms with Gasteiger partial charge in [-0.3, -0.25) is 4.79 Å². The summed E-state index contributed by atoms with van der Waals surface area (Å²) in [6, 6.07) is 7.34. The number of para-hydroxylation sites is 1. The van der Waals surface area contributed by atoms with E-state index in [1.54, 1.807) is 6.07 Å². The zero-order valence-corrected chi connectivity index (χ0v) is 20.7. The second-order valence-corrected chi connectivity index (χ2v) is 9.18. The average Bonchev–Trinajstić information content (AvgIpc) is 3.31. The van der Waals surface area contributed by atoms with Gasteiger partial charge in [0.1, 0.15) is 6.26 Å². The molecular weight excluding hydrogens is 410 g/mol. The van der Waals surface area contributed by atoms with Crippen LogP contribution < -0.4 is 11.1 Å². The Kier molecular flexibility index (Phi) is 14.1. The predicted octanol–water partition coefficient (Wildman–Crippen LogP) is 7.92. The number of carbonyl (C=O) groups is 1. The fraction of sp³-hybridized carbons (Fsp3) is 0.643. The summed E-state index contributed by atoms with van der Waals surface area (Å²) in [7, 11) is 0. The van der Waals surface area contributed by atoms with Crippen molar-refractivity contribution >= 4 is 11.6 Å². The largest absolute Gasteiger partial charge is 0.444 e. The van der Waals surface area contributed by atoms with Gasteiger partial charge in [-0.2, -0.15) is 0 Å². The first kappa shape index (κ1) is 26.9. The number of amides is 1. The molecule has 1 aromatic heterocycles. The first-order valence-corrected chi connectivity index (χ1v) is 13.3. The van der Waals surface area contributed by atoms with Crippen LogP contribution in [0.1, 0.15) is 120 Å². The maximum Gasteiger partial charge on any atom is 0.273 e. The van der Waals surface area contributed by atoms with E-state index in [1.807, 2.05) is 18.2 Å². The molecule has 5 heteroatoms. The lowest BCUT2D eigenvalue weighted by Crippen LogP contribution is -2.24. The number of hydrogen-bond acceptors (Lipinski definition) is 4. The summed E-state index contributed by atoms with van der Waals surface area (Å²) in [5.41, 5.74) is 7.53. The molecule has 184 valence electrons. The van der Waals surface area contributed by atoms with E-state index in [2.05, 4.69) is 17.2 Å². The van der Waals surface area contributed by atoms with Crippen LogP contribution in [-0.4, -0.2) is 17.4 Å². The number of nitrogens with zero attached hydrogens (tertiary/aromatic N) is 1. The molecule has 1 aromatic carbocycles. The van der Waals surface area contributed by atoms with Gasteiger partial charge in [0.25, 0.3) is 5.91 Å². The van der Waals surface area contributed by atoms with Crippen LogP contribution in [0.4, 0.5) is 5.69 Å². The second kappa shape index (κ2) is 17.2.